The molecule has 1 atom stereocenters. The molecule has 0 saturated carbocycles. The maximum absolute atomic E-state index is 6.00. The topological polar surface area (TPSA) is 38.1 Å². The Bertz CT molecular complexity index is 434. The minimum atomic E-state index is 0.260. The van der Waals surface area contributed by atoms with E-state index in [0.29, 0.717) is 5.22 Å². The van der Waals surface area contributed by atoms with Crippen molar-refractivity contribution < 1.29 is 13.9 Å². The molecular weight excluding hydrogens is 292 g/mol. The molecule has 0 amide bonds. The van der Waals surface area contributed by atoms with Crippen molar-refractivity contribution in [3.63, 3.8) is 0 Å². The van der Waals surface area contributed by atoms with Gasteiger partial charge in [0.2, 0.25) is 0 Å². The van der Waals surface area contributed by atoms with Gasteiger partial charge in [-0.25, -0.2) is 0 Å². The van der Waals surface area contributed by atoms with E-state index in [4.69, 9.17) is 25.5 Å². The molecule has 1 aromatic rings. The van der Waals surface area contributed by atoms with Gasteiger partial charge in [-0.1, -0.05) is 0 Å². The molecule has 118 valence electrons. The highest BCUT2D eigenvalue weighted by molar-refractivity contribution is 6.28. The van der Waals surface area contributed by atoms with E-state index in [2.05, 4.69) is 9.80 Å². The fourth-order valence-corrected chi connectivity index (χ4v) is 3.12. The fourth-order valence-electron chi connectivity index (χ4n) is 2.95. The maximum atomic E-state index is 6.00. The second-order valence-corrected chi connectivity index (χ2v) is 6.07. The van der Waals surface area contributed by atoms with Gasteiger partial charge in [0.25, 0.3) is 0 Å². The van der Waals surface area contributed by atoms with Crippen molar-refractivity contribution in [2.24, 2.45) is 0 Å². The number of hydrogen-bond donors (Lipinski definition) is 0. The van der Waals surface area contributed by atoms with Crippen LogP contribution in [0, 0.1) is 0 Å². The molecule has 6 heteroatoms. The standard InChI is InChI=1S/C15H23ClN2O3/c16-15-3-2-13(21-15)10-18-4-1-7-20-14(12-18)11-17-5-8-19-9-6-17/h2-3,14H,1,4-12H2/t14-/m0/s1. The highest BCUT2D eigenvalue weighted by Gasteiger charge is 2.23. The number of rotatable bonds is 4. The van der Waals surface area contributed by atoms with Crippen molar-refractivity contribution in [1.82, 2.24) is 9.80 Å². The van der Waals surface area contributed by atoms with E-state index >= 15 is 0 Å². The Kier molecular flexibility index (Phi) is 5.55. The van der Waals surface area contributed by atoms with Gasteiger partial charge >= 0.3 is 0 Å². The van der Waals surface area contributed by atoms with Gasteiger partial charge in [0.15, 0.2) is 5.22 Å². The molecular formula is C15H23ClN2O3. The van der Waals surface area contributed by atoms with Crippen molar-refractivity contribution in [2.75, 3.05) is 52.5 Å². The minimum absolute atomic E-state index is 0.260. The average Bonchev–Trinajstić information content (AvgIpc) is 2.76. The molecule has 2 saturated heterocycles. The third-order valence-corrected chi connectivity index (χ3v) is 4.21. The van der Waals surface area contributed by atoms with Gasteiger partial charge in [0.1, 0.15) is 5.76 Å². The Labute approximate surface area is 130 Å². The molecule has 0 unspecified atom stereocenters. The fraction of sp³-hybridized carbons (Fsp3) is 0.733. The highest BCUT2D eigenvalue weighted by Crippen LogP contribution is 2.17. The van der Waals surface area contributed by atoms with Gasteiger partial charge in [-0.2, -0.15) is 0 Å². The van der Waals surface area contributed by atoms with Crippen LogP contribution in [0.5, 0.6) is 0 Å². The van der Waals surface area contributed by atoms with E-state index in [1.54, 1.807) is 6.07 Å². The lowest BCUT2D eigenvalue weighted by Crippen LogP contribution is -2.44. The molecule has 0 N–H and O–H groups in total. The second kappa shape index (κ2) is 7.61. The largest absolute Gasteiger partial charge is 0.448 e. The molecule has 5 nitrogen and oxygen atoms in total. The van der Waals surface area contributed by atoms with Crippen LogP contribution in [0.2, 0.25) is 5.22 Å². The summed E-state index contributed by atoms with van der Waals surface area (Å²) in [6, 6.07) is 3.75. The van der Waals surface area contributed by atoms with Crippen LogP contribution in [0.3, 0.4) is 0 Å². The number of morpholine rings is 1. The molecule has 3 rings (SSSR count). The number of nitrogens with zero attached hydrogens (tertiary/aromatic N) is 2. The molecule has 2 aliphatic heterocycles. The SMILES string of the molecule is Clc1ccc(CN2CCCO[C@@H](CN3CCOCC3)C2)o1. The van der Waals surface area contributed by atoms with Crippen LogP contribution in [-0.2, 0) is 16.0 Å². The Balaban J connectivity index is 1.52. The van der Waals surface area contributed by atoms with Crippen LogP contribution in [0.1, 0.15) is 12.2 Å². The molecule has 0 radical (unpaired) electrons. The summed E-state index contributed by atoms with van der Waals surface area (Å²) in [6.07, 6.45) is 1.32. The van der Waals surface area contributed by atoms with Crippen LogP contribution >= 0.6 is 11.6 Å². The van der Waals surface area contributed by atoms with Crippen molar-refractivity contribution >= 4 is 11.6 Å². The maximum Gasteiger partial charge on any atom is 0.193 e. The third kappa shape index (κ3) is 4.69. The number of ether oxygens (including phenoxy) is 2. The second-order valence-electron chi connectivity index (χ2n) is 5.70. The number of furan rings is 1. The van der Waals surface area contributed by atoms with Crippen LogP contribution in [0.4, 0.5) is 0 Å². The zero-order valence-electron chi connectivity index (χ0n) is 12.3. The summed E-state index contributed by atoms with van der Waals surface area (Å²) < 4.78 is 16.9. The molecule has 0 aliphatic carbocycles. The van der Waals surface area contributed by atoms with Crippen molar-refractivity contribution in [1.29, 1.82) is 0 Å². The first-order valence-corrected chi connectivity index (χ1v) is 8.06. The molecule has 0 bridgehead atoms. The molecule has 2 aliphatic rings. The molecule has 21 heavy (non-hydrogen) atoms. The highest BCUT2D eigenvalue weighted by atomic mass is 35.5. The first-order chi connectivity index (χ1) is 10.3. The van der Waals surface area contributed by atoms with Crippen LogP contribution in [0.25, 0.3) is 0 Å². The molecule has 2 fully saturated rings. The van der Waals surface area contributed by atoms with Crippen molar-refractivity contribution in [3.8, 4) is 0 Å². The normalized spacial score (nSPS) is 25.9. The lowest BCUT2D eigenvalue weighted by molar-refractivity contribution is -0.0125. The van der Waals surface area contributed by atoms with E-state index in [1.807, 2.05) is 6.07 Å². The van der Waals surface area contributed by atoms with Gasteiger partial charge in [0, 0.05) is 39.3 Å². The van der Waals surface area contributed by atoms with Gasteiger partial charge < -0.3 is 13.9 Å². The smallest absolute Gasteiger partial charge is 0.193 e. The van der Waals surface area contributed by atoms with Gasteiger partial charge in [-0.3, -0.25) is 9.80 Å². The first kappa shape index (κ1) is 15.3. The summed E-state index contributed by atoms with van der Waals surface area (Å²) in [6.45, 7) is 8.29. The summed E-state index contributed by atoms with van der Waals surface area (Å²) in [5.74, 6) is 0.923. The lowest BCUT2D eigenvalue weighted by atomic mass is 10.2. The third-order valence-electron chi connectivity index (χ3n) is 4.01. The quantitative estimate of drug-likeness (QED) is 0.848. The first-order valence-electron chi connectivity index (χ1n) is 7.68. The number of halogens is 1. The zero-order valence-corrected chi connectivity index (χ0v) is 13.1. The van der Waals surface area contributed by atoms with E-state index in [0.717, 1.165) is 71.3 Å². The Morgan fingerprint density at radius 1 is 1.10 bits per heavy atom. The van der Waals surface area contributed by atoms with E-state index in [1.165, 1.54) is 0 Å². The predicted molar refractivity (Wildman–Crippen MR) is 80.6 cm³/mol. The Morgan fingerprint density at radius 3 is 2.71 bits per heavy atom. The van der Waals surface area contributed by atoms with Crippen molar-refractivity contribution in [2.45, 2.75) is 19.1 Å². The molecule has 3 heterocycles. The number of hydrogen-bond acceptors (Lipinski definition) is 5. The molecule has 0 aromatic carbocycles. The van der Waals surface area contributed by atoms with Gasteiger partial charge in [0.05, 0.1) is 25.9 Å². The van der Waals surface area contributed by atoms with E-state index in [9.17, 15) is 0 Å². The zero-order chi connectivity index (χ0) is 14.5. The Hall–Kier alpha value is -0.590. The summed E-state index contributed by atoms with van der Waals surface area (Å²) >= 11 is 5.84. The lowest BCUT2D eigenvalue weighted by Gasteiger charge is -2.31. The molecule has 0 spiro atoms. The van der Waals surface area contributed by atoms with E-state index in [-0.39, 0.29) is 6.10 Å². The van der Waals surface area contributed by atoms with Gasteiger partial charge in [-0.15, -0.1) is 0 Å². The van der Waals surface area contributed by atoms with Crippen LogP contribution < -0.4 is 0 Å². The van der Waals surface area contributed by atoms with E-state index < -0.39 is 0 Å². The Morgan fingerprint density at radius 2 is 1.95 bits per heavy atom. The van der Waals surface area contributed by atoms with Crippen LogP contribution in [-0.4, -0.2) is 68.4 Å². The molecule has 1 aromatic heterocycles. The average molecular weight is 315 g/mol. The van der Waals surface area contributed by atoms with Crippen LogP contribution in [0.15, 0.2) is 16.5 Å². The van der Waals surface area contributed by atoms with Crippen molar-refractivity contribution in [3.05, 3.63) is 23.1 Å². The monoisotopic (exact) mass is 314 g/mol. The summed E-state index contributed by atoms with van der Waals surface area (Å²) in [4.78, 5) is 4.83. The predicted octanol–water partition coefficient (Wildman–Crippen LogP) is 1.86. The minimum Gasteiger partial charge on any atom is -0.448 e. The summed E-state index contributed by atoms with van der Waals surface area (Å²) in [7, 11) is 0. The summed E-state index contributed by atoms with van der Waals surface area (Å²) in [5.41, 5.74) is 0. The van der Waals surface area contributed by atoms with Gasteiger partial charge in [-0.05, 0) is 30.2 Å². The summed E-state index contributed by atoms with van der Waals surface area (Å²) in [5, 5.41) is 0.459.